The first-order valence-corrected chi connectivity index (χ1v) is 6.84. The van der Waals surface area contributed by atoms with Crippen molar-refractivity contribution in [2.45, 2.75) is 38.9 Å². The highest BCUT2D eigenvalue weighted by atomic mass is 19.1. The Morgan fingerprint density at radius 2 is 2.05 bits per heavy atom. The summed E-state index contributed by atoms with van der Waals surface area (Å²) in [5.41, 5.74) is -0.556. The summed E-state index contributed by atoms with van der Waals surface area (Å²) < 4.78 is 37.1. The summed E-state index contributed by atoms with van der Waals surface area (Å²) in [7, 11) is 0. The molecule has 0 radical (unpaired) electrons. The highest BCUT2D eigenvalue weighted by Crippen LogP contribution is 2.23. The lowest BCUT2D eigenvalue weighted by molar-refractivity contribution is 0.0275. The lowest BCUT2D eigenvalue weighted by Gasteiger charge is -2.24. The Morgan fingerprint density at radius 3 is 2.67 bits per heavy atom. The Kier molecular flexibility index (Phi) is 4.34. The fraction of sp³-hybridized carbons (Fsp3) is 0.533. The molecule has 0 aromatic heterocycles. The summed E-state index contributed by atoms with van der Waals surface area (Å²) in [6.07, 6.45) is -0.151. The third-order valence-electron chi connectivity index (χ3n) is 2.98. The number of hydrogen-bond acceptors (Lipinski definition) is 3. The summed E-state index contributed by atoms with van der Waals surface area (Å²) in [6.45, 7) is 6.20. The minimum Gasteiger partial charge on any atom is -0.485 e. The molecule has 0 bridgehead atoms. The normalized spacial score (nSPS) is 18.7. The average Bonchev–Trinajstić information content (AvgIpc) is 2.79. The monoisotopic (exact) mass is 299 g/mol. The summed E-state index contributed by atoms with van der Waals surface area (Å²) in [6, 6.07) is 3.16. The molecule has 4 nitrogen and oxygen atoms in total. The third-order valence-corrected chi connectivity index (χ3v) is 2.98. The Labute approximate surface area is 122 Å². The number of carbonyl (C=O) groups is 1. The molecule has 0 aliphatic carbocycles. The Bertz CT molecular complexity index is 528. The van der Waals surface area contributed by atoms with Gasteiger partial charge in [0.05, 0.1) is 6.54 Å². The SMILES string of the molecule is CC(C)(C)OC(=O)N1CC[C@H](Oc2ccc(F)cc2F)C1. The van der Waals surface area contributed by atoms with Crippen LogP contribution >= 0.6 is 0 Å². The quantitative estimate of drug-likeness (QED) is 0.840. The van der Waals surface area contributed by atoms with E-state index in [1.165, 1.54) is 11.0 Å². The van der Waals surface area contributed by atoms with Gasteiger partial charge >= 0.3 is 6.09 Å². The summed E-state index contributed by atoms with van der Waals surface area (Å²) in [5, 5.41) is 0. The van der Waals surface area contributed by atoms with E-state index in [-0.39, 0.29) is 11.9 Å². The Balaban J connectivity index is 1.92. The first kappa shape index (κ1) is 15.5. The molecule has 1 aliphatic rings. The molecule has 21 heavy (non-hydrogen) atoms. The van der Waals surface area contributed by atoms with Crippen molar-refractivity contribution in [3.63, 3.8) is 0 Å². The Morgan fingerprint density at radius 1 is 1.33 bits per heavy atom. The second kappa shape index (κ2) is 5.87. The summed E-state index contributed by atoms with van der Waals surface area (Å²) in [5.74, 6) is -1.40. The van der Waals surface area contributed by atoms with Gasteiger partial charge in [-0.1, -0.05) is 0 Å². The van der Waals surface area contributed by atoms with Crippen LogP contribution in [0.5, 0.6) is 5.75 Å². The fourth-order valence-corrected chi connectivity index (χ4v) is 2.07. The van der Waals surface area contributed by atoms with Crippen LogP contribution < -0.4 is 4.74 Å². The van der Waals surface area contributed by atoms with E-state index < -0.39 is 23.3 Å². The number of ether oxygens (including phenoxy) is 2. The van der Waals surface area contributed by atoms with Crippen molar-refractivity contribution in [1.29, 1.82) is 0 Å². The zero-order chi connectivity index (χ0) is 15.6. The van der Waals surface area contributed by atoms with E-state index in [0.29, 0.717) is 19.5 Å². The molecule has 0 unspecified atom stereocenters. The van der Waals surface area contributed by atoms with Crippen LogP contribution in [0, 0.1) is 11.6 Å². The summed E-state index contributed by atoms with van der Waals surface area (Å²) >= 11 is 0. The zero-order valence-corrected chi connectivity index (χ0v) is 12.4. The maximum atomic E-state index is 13.5. The molecule has 0 N–H and O–H groups in total. The predicted octanol–water partition coefficient (Wildman–Crippen LogP) is 3.35. The molecular formula is C15H19F2NO3. The number of hydrogen-bond donors (Lipinski definition) is 0. The number of likely N-dealkylation sites (tertiary alicyclic amines) is 1. The maximum absolute atomic E-state index is 13.5. The van der Waals surface area contributed by atoms with E-state index in [0.717, 1.165) is 12.1 Å². The van der Waals surface area contributed by atoms with E-state index in [4.69, 9.17) is 9.47 Å². The van der Waals surface area contributed by atoms with Gasteiger partial charge in [-0.05, 0) is 32.9 Å². The van der Waals surface area contributed by atoms with E-state index >= 15 is 0 Å². The number of carbonyl (C=O) groups excluding carboxylic acids is 1. The Hall–Kier alpha value is -1.85. The zero-order valence-electron chi connectivity index (χ0n) is 12.4. The second-order valence-corrected chi connectivity index (χ2v) is 6.03. The van der Waals surface area contributed by atoms with Crippen molar-refractivity contribution in [2.24, 2.45) is 0 Å². The van der Waals surface area contributed by atoms with Gasteiger partial charge in [-0.15, -0.1) is 0 Å². The van der Waals surface area contributed by atoms with Crippen LogP contribution in [0.3, 0.4) is 0 Å². The van der Waals surface area contributed by atoms with Gasteiger partial charge in [0.25, 0.3) is 0 Å². The molecule has 1 amide bonds. The summed E-state index contributed by atoms with van der Waals surface area (Å²) in [4.78, 5) is 13.4. The van der Waals surface area contributed by atoms with Gasteiger partial charge in [-0.25, -0.2) is 13.6 Å². The van der Waals surface area contributed by atoms with E-state index in [9.17, 15) is 13.6 Å². The lowest BCUT2D eigenvalue weighted by atomic mass is 10.2. The molecule has 116 valence electrons. The number of amides is 1. The molecule has 1 aromatic carbocycles. The molecule has 2 rings (SSSR count). The molecule has 0 spiro atoms. The average molecular weight is 299 g/mol. The van der Waals surface area contributed by atoms with Crippen molar-refractivity contribution < 1.29 is 23.0 Å². The molecule has 1 atom stereocenters. The first-order valence-electron chi connectivity index (χ1n) is 6.84. The van der Waals surface area contributed by atoms with Crippen LogP contribution in [0.2, 0.25) is 0 Å². The van der Waals surface area contributed by atoms with Crippen molar-refractivity contribution in [3.8, 4) is 5.75 Å². The van der Waals surface area contributed by atoms with Gasteiger partial charge < -0.3 is 14.4 Å². The number of benzene rings is 1. The highest BCUT2D eigenvalue weighted by Gasteiger charge is 2.31. The predicted molar refractivity (Wildman–Crippen MR) is 73.2 cm³/mol. The number of rotatable bonds is 2. The smallest absolute Gasteiger partial charge is 0.410 e. The van der Waals surface area contributed by atoms with Gasteiger partial charge in [-0.3, -0.25) is 0 Å². The largest absolute Gasteiger partial charge is 0.485 e. The third kappa shape index (κ3) is 4.31. The van der Waals surface area contributed by atoms with Crippen LogP contribution in [0.15, 0.2) is 18.2 Å². The second-order valence-electron chi connectivity index (χ2n) is 6.03. The van der Waals surface area contributed by atoms with E-state index in [2.05, 4.69) is 0 Å². The van der Waals surface area contributed by atoms with Crippen molar-refractivity contribution in [3.05, 3.63) is 29.8 Å². The first-order chi connectivity index (χ1) is 9.74. The van der Waals surface area contributed by atoms with Gasteiger partial charge in [-0.2, -0.15) is 0 Å². The maximum Gasteiger partial charge on any atom is 0.410 e. The number of nitrogens with zero attached hydrogens (tertiary/aromatic N) is 1. The van der Waals surface area contributed by atoms with Crippen molar-refractivity contribution in [2.75, 3.05) is 13.1 Å². The van der Waals surface area contributed by atoms with Crippen molar-refractivity contribution >= 4 is 6.09 Å². The fourth-order valence-electron chi connectivity index (χ4n) is 2.07. The molecule has 1 aromatic rings. The molecule has 1 aliphatic heterocycles. The lowest BCUT2D eigenvalue weighted by Crippen LogP contribution is -2.36. The van der Waals surface area contributed by atoms with Crippen LogP contribution in [0.25, 0.3) is 0 Å². The highest BCUT2D eigenvalue weighted by molar-refractivity contribution is 5.68. The topological polar surface area (TPSA) is 38.8 Å². The van der Waals surface area contributed by atoms with Crippen LogP contribution in [-0.4, -0.2) is 35.8 Å². The van der Waals surface area contributed by atoms with Crippen LogP contribution in [0.1, 0.15) is 27.2 Å². The standard InChI is InChI=1S/C15H19F2NO3/c1-15(2,3)21-14(19)18-7-6-11(9-18)20-13-5-4-10(16)8-12(13)17/h4-5,8,11H,6-7,9H2,1-3H3/t11-/m0/s1. The van der Waals surface area contributed by atoms with Gasteiger partial charge in [0.15, 0.2) is 11.6 Å². The van der Waals surface area contributed by atoms with E-state index in [1.807, 2.05) is 0 Å². The number of halogens is 2. The molecule has 1 heterocycles. The molecule has 1 fully saturated rings. The van der Waals surface area contributed by atoms with Gasteiger partial charge in [0.1, 0.15) is 17.5 Å². The van der Waals surface area contributed by atoms with E-state index in [1.54, 1.807) is 20.8 Å². The molecule has 0 saturated carbocycles. The van der Waals surface area contributed by atoms with Crippen molar-refractivity contribution in [1.82, 2.24) is 4.90 Å². The molecule has 6 heteroatoms. The molecule has 1 saturated heterocycles. The molecular weight excluding hydrogens is 280 g/mol. The van der Waals surface area contributed by atoms with Gasteiger partial charge in [0, 0.05) is 19.0 Å². The van der Waals surface area contributed by atoms with Gasteiger partial charge in [0.2, 0.25) is 0 Å². The minimum atomic E-state index is -0.745. The van der Waals surface area contributed by atoms with Crippen LogP contribution in [-0.2, 0) is 4.74 Å². The minimum absolute atomic E-state index is 0.00700. The van der Waals surface area contributed by atoms with Crippen LogP contribution in [0.4, 0.5) is 13.6 Å².